The monoisotopic (exact) mass is 496 g/mol. The predicted molar refractivity (Wildman–Crippen MR) is 145 cm³/mol. The van der Waals surface area contributed by atoms with Crippen LogP contribution in [0, 0.1) is 11.8 Å². The third-order valence-electron chi connectivity index (χ3n) is 8.19. The highest BCUT2D eigenvalue weighted by atomic mass is 16.2. The van der Waals surface area contributed by atoms with Gasteiger partial charge in [0.05, 0.1) is 11.1 Å². The third kappa shape index (κ3) is 4.00. The Bertz CT molecular complexity index is 1470. The van der Waals surface area contributed by atoms with Gasteiger partial charge in [0.2, 0.25) is 5.91 Å². The number of allylic oxidation sites excluding steroid dienone is 2. The molecule has 1 saturated carbocycles. The quantitative estimate of drug-likeness (QED) is 0.505. The van der Waals surface area contributed by atoms with Crippen molar-refractivity contribution in [3.63, 3.8) is 0 Å². The highest BCUT2D eigenvalue weighted by molar-refractivity contribution is 6.05. The number of carbonyl (C=O) groups excluding carboxylic acids is 2. The maximum atomic E-state index is 13.2. The Morgan fingerprint density at radius 3 is 2.57 bits per heavy atom. The SMILES string of the molecule is C=C(C)C(=O)Nc1ccc(-c2c(C3=CC[C@H](C(=O)N4CC[C@H]5C[C@H]54)CC3)c3c(N)ncnc3n2C)cc1. The molecule has 3 heterocycles. The molecule has 2 aliphatic carbocycles. The van der Waals surface area contributed by atoms with Crippen molar-refractivity contribution in [3.05, 3.63) is 54.4 Å². The zero-order chi connectivity index (χ0) is 25.8. The smallest absolute Gasteiger partial charge is 0.250 e. The van der Waals surface area contributed by atoms with Gasteiger partial charge in [0.15, 0.2) is 0 Å². The van der Waals surface area contributed by atoms with E-state index in [-0.39, 0.29) is 11.8 Å². The fourth-order valence-electron chi connectivity index (χ4n) is 6.06. The average molecular weight is 497 g/mol. The van der Waals surface area contributed by atoms with Crippen LogP contribution < -0.4 is 11.1 Å². The lowest BCUT2D eigenvalue weighted by atomic mass is 9.84. The van der Waals surface area contributed by atoms with Gasteiger partial charge in [-0.25, -0.2) is 9.97 Å². The fourth-order valence-corrected chi connectivity index (χ4v) is 6.06. The number of aromatic nitrogens is 3. The van der Waals surface area contributed by atoms with E-state index in [0.717, 1.165) is 59.6 Å². The van der Waals surface area contributed by atoms with E-state index in [1.807, 2.05) is 31.3 Å². The second-order valence-corrected chi connectivity index (χ2v) is 10.6. The second kappa shape index (κ2) is 8.87. The number of piperidine rings is 1. The number of rotatable bonds is 5. The molecule has 8 heteroatoms. The van der Waals surface area contributed by atoms with Crippen LogP contribution >= 0.6 is 0 Å². The summed E-state index contributed by atoms with van der Waals surface area (Å²) in [5, 5.41) is 3.70. The van der Waals surface area contributed by atoms with Gasteiger partial charge in [-0.05, 0) is 68.2 Å². The lowest BCUT2D eigenvalue weighted by molar-refractivity contribution is -0.135. The van der Waals surface area contributed by atoms with Crippen LogP contribution in [0.2, 0.25) is 0 Å². The zero-order valence-corrected chi connectivity index (χ0v) is 21.3. The summed E-state index contributed by atoms with van der Waals surface area (Å²) < 4.78 is 2.06. The van der Waals surface area contributed by atoms with Crippen LogP contribution in [0.15, 0.2) is 48.8 Å². The van der Waals surface area contributed by atoms with Gasteiger partial charge in [0.1, 0.15) is 17.8 Å². The van der Waals surface area contributed by atoms with Crippen molar-refractivity contribution in [1.82, 2.24) is 19.4 Å². The fraction of sp³-hybridized carbons (Fsp3) is 0.379. The van der Waals surface area contributed by atoms with Crippen molar-refractivity contribution in [2.75, 3.05) is 17.6 Å². The molecule has 37 heavy (non-hydrogen) atoms. The van der Waals surface area contributed by atoms with E-state index in [2.05, 4.69) is 37.4 Å². The normalized spacial score (nSPS) is 22.5. The number of fused-ring (bicyclic) bond motifs is 2. The maximum absolute atomic E-state index is 13.2. The van der Waals surface area contributed by atoms with Crippen LogP contribution in [-0.4, -0.2) is 43.8 Å². The Labute approximate surface area is 216 Å². The van der Waals surface area contributed by atoms with E-state index in [4.69, 9.17) is 5.73 Å². The summed E-state index contributed by atoms with van der Waals surface area (Å²) in [6.45, 7) is 6.30. The summed E-state index contributed by atoms with van der Waals surface area (Å²) in [6.07, 6.45) is 8.43. The first-order valence-corrected chi connectivity index (χ1v) is 13.0. The van der Waals surface area contributed by atoms with Crippen molar-refractivity contribution in [2.45, 2.75) is 45.1 Å². The predicted octanol–water partition coefficient (Wildman–Crippen LogP) is 4.54. The van der Waals surface area contributed by atoms with Crippen LogP contribution in [-0.2, 0) is 16.6 Å². The summed E-state index contributed by atoms with van der Waals surface area (Å²) in [5.74, 6) is 1.37. The molecule has 0 unspecified atom stereocenters. The van der Waals surface area contributed by atoms with E-state index < -0.39 is 0 Å². The topological polar surface area (TPSA) is 106 Å². The lowest BCUT2D eigenvalue weighted by Crippen LogP contribution is -2.36. The number of nitrogens with one attached hydrogen (secondary N) is 1. The third-order valence-corrected chi connectivity index (χ3v) is 8.19. The van der Waals surface area contributed by atoms with Crippen molar-refractivity contribution in [3.8, 4) is 11.3 Å². The molecule has 6 rings (SSSR count). The molecule has 2 amide bonds. The highest BCUT2D eigenvalue weighted by Crippen LogP contribution is 2.47. The molecule has 3 N–H and O–H groups in total. The first-order chi connectivity index (χ1) is 17.8. The van der Waals surface area contributed by atoms with Crippen molar-refractivity contribution >= 4 is 39.9 Å². The second-order valence-electron chi connectivity index (χ2n) is 10.6. The largest absolute Gasteiger partial charge is 0.383 e. The van der Waals surface area contributed by atoms with Gasteiger partial charge in [0, 0.05) is 42.4 Å². The molecule has 2 fully saturated rings. The van der Waals surface area contributed by atoms with Gasteiger partial charge in [-0.1, -0.05) is 24.8 Å². The summed E-state index contributed by atoms with van der Waals surface area (Å²) in [5.41, 5.74) is 12.5. The molecule has 0 radical (unpaired) electrons. The molecule has 1 aliphatic heterocycles. The zero-order valence-electron chi connectivity index (χ0n) is 21.3. The van der Waals surface area contributed by atoms with Gasteiger partial charge in [0.25, 0.3) is 5.91 Å². The highest BCUT2D eigenvalue weighted by Gasteiger charge is 2.49. The number of hydrogen-bond donors (Lipinski definition) is 2. The molecular weight excluding hydrogens is 464 g/mol. The number of amides is 2. The summed E-state index contributed by atoms with van der Waals surface area (Å²) in [6, 6.07) is 8.26. The first kappa shape index (κ1) is 23.5. The number of benzene rings is 1. The minimum atomic E-state index is -0.205. The Balaban J connectivity index is 1.35. The van der Waals surface area contributed by atoms with Crippen molar-refractivity contribution in [2.24, 2.45) is 18.9 Å². The molecular formula is C29H32N6O2. The number of anilines is 2. The van der Waals surface area contributed by atoms with Crippen molar-refractivity contribution < 1.29 is 9.59 Å². The van der Waals surface area contributed by atoms with E-state index in [9.17, 15) is 9.59 Å². The molecule has 3 atom stereocenters. The number of nitrogen functional groups attached to an aromatic ring is 1. The Hall–Kier alpha value is -3.94. The van der Waals surface area contributed by atoms with Gasteiger partial charge < -0.3 is 20.5 Å². The van der Waals surface area contributed by atoms with Gasteiger partial charge in [-0.15, -0.1) is 0 Å². The maximum Gasteiger partial charge on any atom is 0.250 e. The summed E-state index contributed by atoms with van der Waals surface area (Å²) in [7, 11) is 1.99. The molecule has 0 spiro atoms. The van der Waals surface area contributed by atoms with E-state index in [1.165, 1.54) is 24.7 Å². The Kier molecular flexibility index (Phi) is 5.62. The minimum absolute atomic E-state index is 0.0475. The number of nitrogens with zero attached hydrogens (tertiary/aromatic N) is 4. The Morgan fingerprint density at radius 2 is 1.95 bits per heavy atom. The van der Waals surface area contributed by atoms with Crippen molar-refractivity contribution in [1.29, 1.82) is 0 Å². The minimum Gasteiger partial charge on any atom is -0.383 e. The number of aryl methyl sites for hydroxylation is 1. The molecule has 1 saturated heterocycles. The summed E-state index contributed by atoms with van der Waals surface area (Å²) in [4.78, 5) is 36.2. The van der Waals surface area contributed by atoms with Crippen LogP contribution in [0.3, 0.4) is 0 Å². The molecule has 1 aromatic carbocycles. The molecule has 3 aliphatic rings. The molecule has 3 aromatic rings. The van der Waals surface area contributed by atoms with Crippen LogP contribution in [0.4, 0.5) is 11.5 Å². The molecule has 190 valence electrons. The Morgan fingerprint density at radius 1 is 1.16 bits per heavy atom. The van der Waals surface area contributed by atoms with E-state index in [0.29, 0.717) is 29.0 Å². The van der Waals surface area contributed by atoms with E-state index in [1.54, 1.807) is 6.92 Å². The van der Waals surface area contributed by atoms with Gasteiger partial charge >= 0.3 is 0 Å². The molecule has 0 bridgehead atoms. The number of carbonyl (C=O) groups is 2. The van der Waals surface area contributed by atoms with Gasteiger partial charge in [-0.3, -0.25) is 9.59 Å². The van der Waals surface area contributed by atoms with Crippen LogP contribution in [0.25, 0.3) is 27.9 Å². The molecule has 2 aromatic heterocycles. The number of hydrogen-bond acceptors (Lipinski definition) is 5. The number of likely N-dealkylation sites (tertiary alicyclic amines) is 1. The van der Waals surface area contributed by atoms with Crippen LogP contribution in [0.5, 0.6) is 0 Å². The lowest BCUT2D eigenvalue weighted by Gasteiger charge is -2.27. The molecule has 8 nitrogen and oxygen atoms in total. The first-order valence-electron chi connectivity index (χ1n) is 13.0. The summed E-state index contributed by atoms with van der Waals surface area (Å²) >= 11 is 0. The van der Waals surface area contributed by atoms with Crippen LogP contribution in [0.1, 0.15) is 44.6 Å². The number of nitrogens with two attached hydrogens (primary N) is 1. The average Bonchev–Trinajstić information content (AvgIpc) is 3.45. The van der Waals surface area contributed by atoms with Gasteiger partial charge in [-0.2, -0.15) is 0 Å². The van der Waals surface area contributed by atoms with E-state index >= 15 is 0 Å². The standard InChI is InChI=1S/C29H32N6O2/c1-16(2)28(36)33-21-10-8-18(9-11-21)25-23(24-26(30)31-15-32-27(24)34(25)3)17-4-6-19(7-5-17)29(37)35-13-12-20-14-22(20)35/h4,8-11,15,19-20,22H,1,5-7,12-14H2,2-3H3,(H,33,36)(H2,30,31,32)/t19-,20-,22+/m0/s1.